The fourth-order valence-electron chi connectivity index (χ4n) is 4.27. The molecule has 1 amide bonds. The van der Waals surface area contributed by atoms with Crippen molar-refractivity contribution in [1.82, 2.24) is 19.4 Å². The van der Waals surface area contributed by atoms with Gasteiger partial charge in [0.15, 0.2) is 0 Å². The molecule has 1 saturated heterocycles. The average molecular weight is 346 g/mol. The van der Waals surface area contributed by atoms with Gasteiger partial charge in [-0.25, -0.2) is 4.98 Å². The number of hydrogen-bond acceptors (Lipinski definition) is 4. The second-order valence-electron chi connectivity index (χ2n) is 6.98. The summed E-state index contributed by atoms with van der Waals surface area (Å²) in [6.45, 7) is 0.501. The summed E-state index contributed by atoms with van der Waals surface area (Å²) in [6, 6.07) is 12.9. The molecule has 1 fully saturated rings. The quantitative estimate of drug-likeness (QED) is 0.676. The molecule has 2 bridgehead atoms. The number of carbonyl (C=O) groups excluding carboxylic acids is 1. The van der Waals surface area contributed by atoms with Gasteiger partial charge < -0.3 is 4.90 Å². The Balaban J connectivity index is 1.59. The van der Waals surface area contributed by atoms with Crippen molar-refractivity contribution < 1.29 is 4.79 Å². The standard InChI is InChI=1S/C20H18N4O2/c25-19-15-5-1-2-6-16(15)22-18-11-13-8-9-14(12-23(18)19)24(13)20(26)17-7-3-4-10-21-17/h1-7,10,13-14H,8-9,11-12H2. The van der Waals surface area contributed by atoms with Crippen molar-refractivity contribution in [3.8, 4) is 0 Å². The van der Waals surface area contributed by atoms with Crippen LogP contribution in [0.4, 0.5) is 0 Å². The van der Waals surface area contributed by atoms with Gasteiger partial charge in [-0.1, -0.05) is 18.2 Å². The molecule has 2 aliphatic heterocycles. The summed E-state index contributed by atoms with van der Waals surface area (Å²) in [5, 5.41) is 0.636. The SMILES string of the molecule is O=C(c1ccccn1)N1C2CCC1Cn1c(nc3ccccc3c1=O)C2. The lowest BCUT2D eigenvalue weighted by molar-refractivity contribution is 0.0659. The zero-order valence-corrected chi connectivity index (χ0v) is 14.2. The summed E-state index contributed by atoms with van der Waals surface area (Å²) in [5.41, 5.74) is 1.17. The van der Waals surface area contributed by atoms with Crippen LogP contribution in [0.5, 0.6) is 0 Å². The number of carbonyl (C=O) groups is 1. The minimum Gasteiger partial charge on any atom is -0.329 e. The van der Waals surface area contributed by atoms with Crippen molar-refractivity contribution >= 4 is 16.8 Å². The molecule has 26 heavy (non-hydrogen) atoms. The van der Waals surface area contributed by atoms with Gasteiger partial charge in [-0.2, -0.15) is 0 Å². The Kier molecular flexibility index (Phi) is 3.38. The van der Waals surface area contributed by atoms with Gasteiger partial charge in [0.2, 0.25) is 0 Å². The molecule has 6 heteroatoms. The van der Waals surface area contributed by atoms with Crippen LogP contribution in [0.1, 0.15) is 29.2 Å². The minimum absolute atomic E-state index is 0.0106. The highest BCUT2D eigenvalue weighted by Crippen LogP contribution is 2.32. The molecule has 0 spiro atoms. The average Bonchev–Trinajstić information content (AvgIpc) is 2.98. The van der Waals surface area contributed by atoms with E-state index in [2.05, 4.69) is 4.98 Å². The molecule has 0 aliphatic carbocycles. The maximum Gasteiger partial charge on any atom is 0.273 e. The monoisotopic (exact) mass is 346 g/mol. The topological polar surface area (TPSA) is 68.1 Å². The lowest BCUT2D eigenvalue weighted by Gasteiger charge is -2.27. The van der Waals surface area contributed by atoms with Crippen LogP contribution in [-0.4, -0.2) is 37.4 Å². The Morgan fingerprint density at radius 3 is 2.69 bits per heavy atom. The molecule has 2 aliphatic rings. The van der Waals surface area contributed by atoms with Crippen LogP contribution in [0.15, 0.2) is 53.5 Å². The van der Waals surface area contributed by atoms with E-state index in [9.17, 15) is 9.59 Å². The lowest BCUT2D eigenvalue weighted by Crippen LogP contribution is -2.42. The number of rotatable bonds is 1. The van der Waals surface area contributed by atoms with Crippen LogP contribution < -0.4 is 5.56 Å². The summed E-state index contributed by atoms with van der Waals surface area (Å²) in [7, 11) is 0. The van der Waals surface area contributed by atoms with Crippen LogP contribution >= 0.6 is 0 Å². The summed E-state index contributed by atoms with van der Waals surface area (Å²) >= 11 is 0. The number of pyridine rings is 1. The van der Waals surface area contributed by atoms with E-state index in [0.717, 1.165) is 24.2 Å². The Hall–Kier alpha value is -3.02. The van der Waals surface area contributed by atoms with Crippen molar-refractivity contribution in [2.24, 2.45) is 0 Å². The van der Waals surface area contributed by atoms with E-state index in [0.29, 0.717) is 24.0 Å². The van der Waals surface area contributed by atoms with Crippen LogP contribution in [0.3, 0.4) is 0 Å². The number of hydrogen-bond donors (Lipinski definition) is 0. The molecular formula is C20H18N4O2. The van der Waals surface area contributed by atoms with Crippen molar-refractivity contribution in [3.05, 3.63) is 70.5 Å². The molecule has 130 valence electrons. The molecule has 0 saturated carbocycles. The smallest absolute Gasteiger partial charge is 0.273 e. The molecule has 1 aromatic carbocycles. The van der Waals surface area contributed by atoms with Crippen molar-refractivity contribution in [1.29, 1.82) is 0 Å². The van der Waals surface area contributed by atoms with E-state index < -0.39 is 0 Å². The molecule has 2 unspecified atom stereocenters. The zero-order valence-electron chi connectivity index (χ0n) is 14.2. The van der Waals surface area contributed by atoms with E-state index in [1.54, 1.807) is 22.9 Å². The maximum absolute atomic E-state index is 13.0. The molecule has 4 heterocycles. The Bertz CT molecular complexity index is 1060. The van der Waals surface area contributed by atoms with Crippen LogP contribution in [-0.2, 0) is 13.0 Å². The molecule has 2 atom stereocenters. The molecule has 5 rings (SSSR count). The third kappa shape index (κ3) is 2.25. The highest BCUT2D eigenvalue weighted by molar-refractivity contribution is 5.93. The van der Waals surface area contributed by atoms with Gasteiger partial charge in [0.25, 0.3) is 11.5 Å². The molecule has 3 aromatic rings. The van der Waals surface area contributed by atoms with E-state index in [1.165, 1.54) is 0 Å². The largest absolute Gasteiger partial charge is 0.329 e. The summed E-state index contributed by atoms with van der Waals surface area (Å²) in [5.74, 6) is 0.725. The highest BCUT2D eigenvalue weighted by atomic mass is 16.2. The van der Waals surface area contributed by atoms with Crippen LogP contribution in [0, 0.1) is 0 Å². The first-order valence-corrected chi connectivity index (χ1v) is 8.94. The van der Waals surface area contributed by atoms with Crippen LogP contribution in [0.2, 0.25) is 0 Å². The Morgan fingerprint density at radius 1 is 1.04 bits per heavy atom. The van der Waals surface area contributed by atoms with E-state index in [1.807, 2.05) is 35.2 Å². The van der Waals surface area contributed by atoms with E-state index in [4.69, 9.17) is 4.98 Å². The van der Waals surface area contributed by atoms with Gasteiger partial charge in [0, 0.05) is 25.2 Å². The van der Waals surface area contributed by atoms with Gasteiger partial charge in [0.05, 0.1) is 16.9 Å². The van der Waals surface area contributed by atoms with Crippen molar-refractivity contribution in [2.45, 2.75) is 37.9 Å². The summed E-state index contributed by atoms with van der Waals surface area (Å²) < 4.78 is 1.77. The molecular weight excluding hydrogens is 328 g/mol. The Labute approximate surface area is 150 Å². The molecule has 0 N–H and O–H groups in total. The number of fused-ring (bicyclic) bond motifs is 4. The number of benzene rings is 1. The van der Waals surface area contributed by atoms with E-state index >= 15 is 0 Å². The number of amides is 1. The van der Waals surface area contributed by atoms with Gasteiger partial charge in [0.1, 0.15) is 11.5 Å². The second kappa shape index (κ2) is 5.76. The molecule has 6 nitrogen and oxygen atoms in total. The predicted octanol–water partition coefficient (Wildman–Crippen LogP) is 2.02. The normalized spacial score (nSPS) is 21.5. The van der Waals surface area contributed by atoms with Gasteiger partial charge in [-0.15, -0.1) is 0 Å². The summed E-state index contributed by atoms with van der Waals surface area (Å²) in [4.78, 5) is 36.9. The predicted molar refractivity (Wildman–Crippen MR) is 96.9 cm³/mol. The van der Waals surface area contributed by atoms with Crippen molar-refractivity contribution in [3.63, 3.8) is 0 Å². The first-order chi connectivity index (χ1) is 12.7. The van der Waals surface area contributed by atoms with Crippen LogP contribution in [0.25, 0.3) is 10.9 Å². The lowest BCUT2D eigenvalue weighted by atomic mass is 10.1. The minimum atomic E-state index is -0.0523. The third-order valence-corrected chi connectivity index (χ3v) is 5.49. The van der Waals surface area contributed by atoms with E-state index in [-0.39, 0.29) is 23.6 Å². The first kappa shape index (κ1) is 15.3. The summed E-state index contributed by atoms with van der Waals surface area (Å²) in [6.07, 6.45) is 4.09. The number of nitrogens with zero attached hydrogens (tertiary/aromatic N) is 4. The maximum atomic E-state index is 13.0. The van der Waals surface area contributed by atoms with Gasteiger partial charge >= 0.3 is 0 Å². The fourth-order valence-corrected chi connectivity index (χ4v) is 4.27. The first-order valence-electron chi connectivity index (χ1n) is 8.94. The molecule has 0 radical (unpaired) electrons. The fraction of sp³-hybridized carbons (Fsp3) is 0.300. The highest BCUT2D eigenvalue weighted by Gasteiger charge is 2.41. The molecule has 2 aromatic heterocycles. The zero-order chi connectivity index (χ0) is 17.7. The number of para-hydroxylation sites is 1. The Morgan fingerprint density at radius 2 is 1.85 bits per heavy atom. The third-order valence-electron chi connectivity index (χ3n) is 5.49. The van der Waals surface area contributed by atoms with Gasteiger partial charge in [-0.05, 0) is 37.1 Å². The number of aromatic nitrogens is 3. The van der Waals surface area contributed by atoms with Crippen molar-refractivity contribution in [2.75, 3.05) is 0 Å². The second-order valence-corrected chi connectivity index (χ2v) is 6.98. The van der Waals surface area contributed by atoms with Gasteiger partial charge in [-0.3, -0.25) is 19.1 Å².